The van der Waals surface area contributed by atoms with Crippen molar-refractivity contribution >= 4 is 12.0 Å². The van der Waals surface area contributed by atoms with E-state index < -0.39 is 5.97 Å². The quantitative estimate of drug-likeness (QED) is 0.293. The average Bonchev–Trinajstić information content (AvgIpc) is 2.67. The Kier molecular flexibility index (Phi) is 7.45. The van der Waals surface area contributed by atoms with Gasteiger partial charge in [0, 0.05) is 0 Å². The molecule has 0 aliphatic heterocycles. The lowest BCUT2D eigenvalue weighted by Gasteiger charge is -2.06. The molecular formula is C22H23NO3. The molecule has 4 heteroatoms. The molecule has 0 aliphatic rings. The Morgan fingerprint density at radius 2 is 1.65 bits per heavy atom. The predicted octanol–water partition coefficient (Wildman–Crippen LogP) is 4.94. The maximum atomic E-state index is 12.2. The van der Waals surface area contributed by atoms with Crippen molar-refractivity contribution in [2.45, 2.75) is 33.1 Å². The molecule has 0 saturated carbocycles. The van der Waals surface area contributed by atoms with E-state index in [4.69, 9.17) is 9.47 Å². The van der Waals surface area contributed by atoms with Gasteiger partial charge >= 0.3 is 5.97 Å². The maximum absolute atomic E-state index is 12.2. The first kappa shape index (κ1) is 19.3. The number of hydrogen-bond donors (Lipinski definition) is 0. The van der Waals surface area contributed by atoms with E-state index in [0.717, 1.165) is 30.6 Å². The molecule has 0 unspecified atom stereocenters. The summed E-state index contributed by atoms with van der Waals surface area (Å²) < 4.78 is 10.8. The van der Waals surface area contributed by atoms with E-state index in [0.29, 0.717) is 12.4 Å². The third-order valence-corrected chi connectivity index (χ3v) is 3.68. The Bertz CT molecular complexity index is 784. The van der Waals surface area contributed by atoms with Gasteiger partial charge in [0.05, 0.1) is 6.61 Å². The van der Waals surface area contributed by atoms with Gasteiger partial charge in [-0.15, -0.1) is 0 Å². The minimum Gasteiger partial charge on any atom is -0.494 e. The zero-order valence-electron chi connectivity index (χ0n) is 15.2. The number of nitrogens with zero attached hydrogens (tertiary/aromatic N) is 1. The average molecular weight is 349 g/mol. The molecule has 0 radical (unpaired) electrons. The highest BCUT2D eigenvalue weighted by Gasteiger charge is 2.12. The minimum absolute atomic E-state index is 0.0511. The smallest absolute Gasteiger partial charge is 0.354 e. The van der Waals surface area contributed by atoms with Crippen molar-refractivity contribution in [2.24, 2.45) is 0 Å². The van der Waals surface area contributed by atoms with Gasteiger partial charge < -0.3 is 9.47 Å². The van der Waals surface area contributed by atoms with Crippen LogP contribution in [0.15, 0.2) is 54.1 Å². The second kappa shape index (κ2) is 10.0. The van der Waals surface area contributed by atoms with E-state index in [1.165, 1.54) is 11.6 Å². The van der Waals surface area contributed by atoms with Gasteiger partial charge in [0.1, 0.15) is 23.1 Å². The molecule has 0 heterocycles. The monoisotopic (exact) mass is 349 g/mol. The van der Waals surface area contributed by atoms with Gasteiger partial charge in [0.15, 0.2) is 0 Å². The molecular weight excluding hydrogens is 326 g/mol. The molecule has 0 aliphatic carbocycles. The highest BCUT2D eigenvalue weighted by Crippen LogP contribution is 2.17. The van der Waals surface area contributed by atoms with Crippen LogP contribution in [-0.2, 0) is 11.2 Å². The van der Waals surface area contributed by atoms with Crippen molar-refractivity contribution in [2.75, 3.05) is 6.61 Å². The molecule has 0 fully saturated rings. The van der Waals surface area contributed by atoms with E-state index in [9.17, 15) is 10.1 Å². The fourth-order valence-corrected chi connectivity index (χ4v) is 2.36. The third-order valence-electron chi connectivity index (χ3n) is 3.68. The van der Waals surface area contributed by atoms with Gasteiger partial charge in [-0.2, -0.15) is 5.26 Å². The summed E-state index contributed by atoms with van der Waals surface area (Å²) in [5, 5.41) is 9.28. The van der Waals surface area contributed by atoms with E-state index in [2.05, 4.69) is 6.92 Å². The first-order valence-corrected chi connectivity index (χ1v) is 8.82. The van der Waals surface area contributed by atoms with Crippen molar-refractivity contribution in [1.82, 2.24) is 0 Å². The summed E-state index contributed by atoms with van der Waals surface area (Å²) in [6.45, 7) is 4.81. The zero-order valence-corrected chi connectivity index (χ0v) is 15.2. The van der Waals surface area contributed by atoms with Gasteiger partial charge in [-0.3, -0.25) is 0 Å². The molecule has 0 bridgehead atoms. The van der Waals surface area contributed by atoms with Gasteiger partial charge in [-0.25, -0.2) is 4.79 Å². The molecule has 26 heavy (non-hydrogen) atoms. The fraction of sp³-hybridized carbons (Fsp3) is 0.273. The van der Waals surface area contributed by atoms with Gasteiger partial charge in [-0.1, -0.05) is 44.5 Å². The van der Waals surface area contributed by atoms with Crippen molar-refractivity contribution in [3.8, 4) is 17.6 Å². The largest absolute Gasteiger partial charge is 0.494 e. The Balaban J connectivity index is 2.05. The van der Waals surface area contributed by atoms with Gasteiger partial charge in [0.25, 0.3) is 0 Å². The number of benzene rings is 2. The maximum Gasteiger partial charge on any atom is 0.354 e. The van der Waals surface area contributed by atoms with E-state index in [1.54, 1.807) is 24.3 Å². The van der Waals surface area contributed by atoms with Gasteiger partial charge in [-0.05, 0) is 54.3 Å². The van der Waals surface area contributed by atoms with E-state index in [-0.39, 0.29) is 5.57 Å². The SMILES string of the molecule is CCCOc1ccc(/C=C(\C#N)C(=O)Oc2ccc(CCC)cc2)cc1. The molecule has 134 valence electrons. The number of carbonyl (C=O) groups excluding carboxylic acids is 1. The highest BCUT2D eigenvalue weighted by molar-refractivity contribution is 5.99. The molecule has 0 spiro atoms. The Labute approximate surface area is 154 Å². The van der Waals surface area contributed by atoms with Crippen molar-refractivity contribution < 1.29 is 14.3 Å². The molecule has 0 saturated heterocycles. The van der Waals surface area contributed by atoms with Crippen LogP contribution in [0.1, 0.15) is 37.8 Å². The highest BCUT2D eigenvalue weighted by atomic mass is 16.5. The molecule has 0 amide bonds. The summed E-state index contributed by atoms with van der Waals surface area (Å²) in [4.78, 5) is 12.2. The first-order valence-electron chi connectivity index (χ1n) is 8.82. The van der Waals surface area contributed by atoms with Crippen LogP contribution in [0.4, 0.5) is 0 Å². The number of nitriles is 1. The summed E-state index contributed by atoms with van der Waals surface area (Å²) in [5.41, 5.74) is 1.87. The first-order chi connectivity index (χ1) is 12.7. The van der Waals surface area contributed by atoms with Crippen LogP contribution in [0.25, 0.3) is 6.08 Å². The molecule has 0 aromatic heterocycles. The van der Waals surface area contributed by atoms with Crippen LogP contribution >= 0.6 is 0 Å². The molecule has 4 nitrogen and oxygen atoms in total. The summed E-state index contributed by atoms with van der Waals surface area (Å²) in [6.07, 6.45) is 4.49. The summed E-state index contributed by atoms with van der Waals surface area (Å²) in [7, 11) is 0. The lowest BCUT2D eigenvalue weighted by molar-refractivity contribution is -0.129. The Hall–Kier alpha value is -3.06. The number of carbonyl (C=O) groups is 1. The normalized spacial score (nSPS) is 10.9. The molecule has 2 rings (SSSR count). The van der Waals surface area contributed by atoms with Gasteiger partial charge in [0.2, 0.25) is 0 Å². The fourth-order valence-electron chi connectivity index (χ4n) is 2.36. The van der Waals surface area contributed by atoms with Crippen LogP contribution in [0, 0.1) is 11.3 Å². The minimum atomic E-state index is -0.665. The van der Waals surface area contributed by atoms with Crippen molar-refractivity contribution in [3.63, 3.8) is 0 Å². The Morgan fingerprint density at radius 3 is 2.23 bits per heavy atom. The number of esters is 1. The predicted molar refractivity (Wildman–Crippen MR) is 102 cm³/mol. The number of hydrogen-bond acceptors (Lipinski definition) is 4. The van der Waals surface area contributed by atoms with E-state index in [1.807, 2.05) is 37.3 Å². The van der Waals surface area contributed by atoms with Crippen LogP contribution in [0.5, 0.6) is 11.5 Å². The zero-order chi connectivity index (χ0) is 18.8. The summed E-state index contributed by atoms with van der Waals surface area (Å²) in [5.74, 6) is 0.527. The molecule has 2 aromatic rings. The summed E-state index contributed by atoms with van der Waals surface area (Å²) >= 11 is 0. The Morgan fingerprint density at radius 1 is 1.00 bits per heavy atom. The lowest BCUT2D eigenvalue weighted by atomic mass is 10.1. The molecule has 0 atom stereocenters. The molecule has 2 aromatic carbocycles. The topological polar surface area (TPSA) is 59.3 Å². The third kappa shape index (κ3) is 5.78. The van der Waals surface area contributed by atoms with Crippen molar-refractivity contribution in [1.29, 1.82) is 5.26 Å². The van der Waals surface area contributed by atoms with Crippen LogP contribution < -0.4 is 9.47 Å². The standard InChI is InChI=1S/C22H23NO3/c1-3-5-17-6-12-21(13-7-17)26-22(24)19(16-23)15-18-8-10-20(11-9-18)25-14-4-2/h6-13,15H,3-5,14H2,1-2H3/b19-15+. The second-order valence-corrected chi connectivity index (χ2v) is 5.87. The van der Waals surface area contributed by atoms with Crippen LogP contribution in [-0.4, -0.2) is 12.6 Å². The summed E-state index contributed by atoms with van der Waals surface area (Å²) in [6, 6.07) is 16.5. The second-order valence-electron chi connectivity index (χ2n) is 5.87. The number of rotatable bonds is 8. The van der Waals surface area contributed by atoms with Crippen LogP contribution in [0.3, 0.4) is 0 Å². The molecule has 0 N–H and O–H groups in total. The number of ether oxygens (including phenoxy) is 2. The number of aryl methyl sites for hydroxylation is 1. The van der Waals surface area contributed by atoms with Crippen LogP contribution in [0.2, 0.25) is 0 Å². The van der Waals surface area contributed by atoms with Crippen molar-refractivity contribution in [3.05, 3.63) is 65.2 Å². The van der Waals surface area contributed by atoms with E-state index >= 15 is 0 Å². The lowest BCUT2D eigenvalue weighted by Crippen LogP contribution is -2.10.